The zero-order valence-corrected chi connectivity index (χ0v) is 13.5. The van der Waals surface area contributed by atoms with Crippen LogP contribution in [0.25, 0.3) is 0 Å². The highest BCUT2D eigenvalue weighted by Crippen LogP contribution is 2.30. The van der Waals surface area contributed by atoms with Gasteiger partial charge in [-0.2, -0.15) is 0 Å². The van der Waals surface area contributed by atoms with E-state index in [0.717, 1.165) is 10.8 Å². The lowest BCUT2D eigenvalue weighted by Gasteiger charge is -2.23. The van der Waals surface area contributed by atoms with Gasteiger partial charge in [0.15, 0.2) is 5.13 Å². The van der Waals surface area contributed by atoms with Gasteiger partial charge in [0.2, 0.25) is 0 Å². The zero-order valence-electron chi connectivity index (χ0n) is 11.8. The number of nitrogens with zero attached hydrogens (tertiary/aromatic N) is 2. The first-order valence-corrected chi connectivity index (χ1v) is 8.15. The third kappa shape index (κ3) is 3.58. The van der Waals surface area contributed by atoms with Crippen LogP contribution in [-0.2, 0) is 16.0 Å². The molecule has 2 heterocycles. The molecule has 0 saturated heterocycles. The summed E-state index contributed by atoms with van der Waals surface area (Å²) < 4.78 is 4.64. The van der Waals surface area contributed by atoms with Gasteiger partial charge in [-0.3, -0.25) is 4.79 Å². The lowest BCUT2D eigenvalue weighted by Crippen LogP contribution is -2.20. The van der Waals surface area contributed by atoms with Crippen LogP contribution < -0.4 is 4.90 Å². The van der Waals surface area contributed by atoms with Crippen molar-refractivity contribution in [2.24, 2.45) is 0 Å². The van der Waals surface area contributed by atoms with Crippen LogP contribution in [0.5, 0.6) is 0 Å². The number of thiophene rings is 1. The molecule has 0 radical (unpaired) electrons. The first-order valence-electron chi connectivity index (χ1n) is 6.39. The maximum absolute atomic E-state index is 11.1. The van der Waals surface area contributed by atoms with E-state index in [-0.39, 0.29) is 5.97 Å². The molecule has 2 rings (SSSR count). The molecule has 0 aromatic carbocycles. The molecule has 6 heteroatoms. The summed E-state index contributed by atoms with van der Waals surface area (Å²) >= 11 is 3.36. The Kier molecular flexibility index (Phi) is 5.14. The van der Waals surface area contributed by atoms with E-state index in [1.807, 2.05) is 12.4 Å². The molecular formula is C14H18N2O2S2. The molecule has 0 bridgehead atoms. The van der Waals surface area contributed by atoms with Crippen molar-refractivity contribution in [1.82, 2.24) is 4.98 Å². The molecule has 4 nitrogen and oxygen atoms in total. The van der Waals surface area contributed by atoms with Gasteiger partial charge in [0, 0.05) is 23.7 Å². The van der Waals surface area contributed by atoms with E-state index in [9.17, 15) is 4.79 Å². The Morgan fingerprint density at radius 2 is 2.30 bits per heavy atom. The van der Waals surface area contributed by atoms with Gasteiger partial charge >= 0.3 is 5.97 Å². The molecule has 0 spiro atoms. The summed E-state index contributed by atoms with van der Waals surface area (Å²) in [4.78, 5) is 19.2. The van der Waals surface area contributed by atoms with E-state index in [4.69, 9.17) is 0 Å². The van der Waals surface area contributed by atoms with Gasteiger partial charge in [0.05, 0.1) is 25.3 Å². The number of aryl methyl sites for hydroxylation is 1. The van der Waals surface area contributed by atoms with E-state index in [1.165, 1.54) is 12.0 Å². The van der Waals surface area contributed by atoms with Gasteiger partial charge in [0.1, 0.15) is 0 Å². The summed E-state index contributed by atoms with van der Waals surface area (Å²) in [5.74, 6) is -0.195. The van der Waals surface area contributed by atoms with Crippen LogP contribution in [0.15, 0.2) is 22.9 Å². The molecule has 0 aliphatic carbocycles. The number of esters is 1. The molecule has 2 aromatic rings. The van der Waals surface area contributed by atoms with Gasteiger partial charge in [-0.15, -0.1) is 22.7 Å². The number of rotatable bonds is 6. The lowest BCUT2D eigenvalue weighted by molar-refractivity contribution is -0.140. The number of carbonyl (C=O) groups excluding carboxylic acids is 1. The Balaban J connectivity index is 1.99. The number of thiazole rings is 1. The van der Waals surface area contributed by atoms with Crippen molar-refractivity contribution in [2.45, 2.75) is 25.8 Å². The van der Waals surface area contributed by atoms with Crippen LogP contribution in [0, 0.1) is 0 Å². The third-order valence-electron chi connectivity index (χ3n) is 3.19. The van der Waals surface area contributed by atoms with E-state index in [1.54, 1.807) is 22.7 Å². The van der Waals surface area contributed by atoms with Crippen LogP contribution in [-0.4, -0.2) is 25.1 Å². The number of anilines is 1. The minimum absolute atomic E-state index is 0.195. The molecule has 108 valence electrons. The Morgan fingerprint density at radius 3 is 2.95 bits per heavy atom. The van der Waals surface area contributed by atoms with Crippen molar-refractivity contribution >= 4 is 33.8 Å². The van der Waals surface area contributed by atoms with Crippen LogP contribution in [0.4, 0.5) is 5.13 Å². The number of methoxy groups -OCH3 is 1. The van der Waals surface area contributed by atoms with E-state index in [0.29, 0.717) is 18.9 Å². The van der Waals surface area contributed by atoms with Crippen molar-refractivity contribution in [3.8, 4) is 0 Å². The quantitative estimate of drug-likeness (QED) is 0.766. The molecule has 2 aromatic heterocycles. The average Bonchev–Trinajstić information content (AvgIpc) is 3.14. The lowest BCUT2D eigenvalue weighted by atomic mass is 10.2. The van der Waals surface area contributed by atoms with Crippen molar-refractivity contribution < 1.29 is 9.53 Å². The molecule has 20 heavy (non-hydrogen) atoms. The largest absolute Gasteiger partial charge is 0.469 e. The number of hydrogen-bond acceptors (Lipinski definition) is 6. The molecule has 0 saturated carbocycles. The molecule has 0 aliphatic heterocycles. The summed E-state index contributed by atoms with van der Waals surface area (Å²) in [5, 5.41) is 5.07. The van der Waals surface area contributed by atoms with Gasteiger partial charge in [-0.05, 0) is 18.4 Å². The molecular weight excluding hydrogens is 292 g/mol. The molecule has 0 fully saturated rings. The predicted molar refractivity (Wildman–Crippen MR) is 83.6 cm³/mol. The fourth-order valence-electron chi connectivity index (χ4n) is 1.79. The van der Waals surface area contributed by atoms with Crippen LogP contribution in [0.1, 0.15) is 30.0 Å². The fourth-order valence-corrected chi connectivity index (χ4v) is 3.52. The predicted octanol–water partition coefficient (Wildman–Crippen LogP) is 3.51. The van der Waals surface area contributed by atoms with Gasteiger partial charge in [0.25, 0.3) is 0 Å². The minimum Gasteiger partial charge on any atom is -0.469 e. The highest BCUT2D eigenvalue weighted by atomic mass is 32.1. The molecule has 0 aliphatic rings. The number of aromatic nitrogens is 1. The van der Waals surface area contributed by atoms with E-state index >= 15 is 0 Å². The summed E-state index contributed by atoms with van der Waals surface area (Å²) in [7, 11) is 3.46. The zero-order chi connectivity index (χ0) is 14.5. The summed E-state index contributed by atoms with van der Waals surface area (Å²) in [6.07, 6.45) is 1.01. The molecule has 0 N–H and O–H groups in total. The second-order valence-corrected chi connectivity index (χ2v) is 6.32. The summed E-state index contributed by atoms with van der Waals surface area (Å²) in [6, 6.07) is 4.50. The Bertz CT molecular complexity index is 551. The van der Waals surface area contributed by atoms with E-state index < -0.39 is 0 Å². The number of hydrogen-bond donors (Lipinski definition) is 0. The van der Waals surface area contributed by atoms with Gasteiger partial charge in [-0.1, -0.05) is 6.07 Å². The fraction of sp³-hybridized carbons (Fsp3) is 0.429. The van der Waals surface area contributed by atoms with Crippen molar-refractivity contribution in [3.63, 3.8) is 0 Å². The minimum atomic E-state index is -0.195. The number of carbonyl (C=O) groups is 1. The monoisotopic (exact) mass is 310 g/mol. The standard InChI is InChI=1S/C14H18N2O2S2/c1-10(12-5-4-8-19-12)16(2)14-15-11(9-20-14)6-7-13(17)18-3/h4-5,8-10H,6-7H2,1-3H3. The Morgan fingerprint density at radius 1 is 1.50 bits per heavy atom. The second kappa shape index (κ2) is 6.85. The average molecular weight is 310 g/mol. The molecule has 1 atom stereocenters. The highest BCUT2D eigenvalue weighted by Gasteiger charge is 2.16. The Hall–Kier alpha value is -1.40. The highest BCUT2D eigenvalue weighted by molar-refractivity contribution is 7.13. The topological polar surface area (TPSA) is 42.4 Å². The smallest absolute Gasteiger partial charge is 0.305 e. The third-order valence-corrected chi connectivity index (χ3v) is 5.21. The van der Waals surface area contributed by atoms with Crippen molar-refractivity contribution in [3.05, 3.63) is 33.5 Å². The second-order valence-electron chi connectivity index (χ2n) is 4.50. The Labute approximate surface area is 127 Å². The first kappa shape index (κ1) is 15.0. The van der Waals surface area contributed by atoms with Gasteiger partial charge < -0.3 is 9.64 Å². The summed E-state index contributed by atoms with van der Waals surface area (Å²) in [6.45, 7) is 2.17. The van der Waals surface area contributed by atoms with Crippen LogP contribution in [0.3, 0.4) is 0 Å². The van der Waals surface area contributed by atoms with Crippen LogP contribution >= 0.6 is 22.7 Å². The maximum Gasteiger partial charge on any atom is 0.305 e. The van der Waals surface area contributed by atoms with Gasteiger partial charge in [-0.25, -0.2) is 4.98 Å². The van der Waals surface area contributed by atoms with Crippen molar-refractivity contribution in [1.29, 1.82) is 0 Å². The normalized spacial score (nSPS) is 12.2. The van der Waals surface area contributed by atoms with E-state index in [2.05, 4.69) is 39.1 Å². The SMILES string of the molecule is COC(=O)CCc1csc(N(C)C(C)c2cccs2)n1. The van der Waals surface area contributed by atoms with Crippen molar-refractivity contribution in [2.75, 3.05) is 19.1 Å². The van der Waals surface area contributed by atoms with Crippen LogP contribution in [0.2, 0.25) is 0 Å². The maximum atomic E-state index is 11.1. The number of ether oxygens (including phenoxy) is 1. The molecule has 0 amide bonds. The molecule has 1 unspecified atom stereocenters. The first-order chi connectivity index (χ1) is 9.61. The summed E-state index contributed by atoms with van der Waals surface area (Å²) in [5.41, 5.74) is 0.945.